The first kappa shape index (κ1) is 14.3. The smallest absolute Gasteiger partial charge is 0.451 e. The van der Waals surface area contributed by atoms with Crippen molar-refractivity contribution < 1.29 is 18.8 Å². The zero-order valence-electron chi connectivity index (χ0n) is 12.1. The first-order valence-electron chi connectivity index (χ1n) is 6.29. The molecule has 1 aliphatic heterocycles. The number of rotatable bonds is 4. The van der Waals surface area contributed by atoms with Crippen LogP contribution in [0.25, 0.3) is 0 Å². The van der Waals surface area contributed by atoms with E-state index >= 15 is 0 Å². The zero-order chi connectivity index (χ0) is 14.1. The monoisotopic (exact) mass is 265 g/mol. The summed E-state index contributed by atoms with van der Waals surface area (Å²) in [5, 5.41) is 0. The maximum absolute atomic E-state index is 5.97. The number of ether oxygens (including phenoxy) is 2. The average Bonchev–Trinajstić information content (AvgIpc) is 2.56. The van der Waals surface area contributed by atoms with E-state index in [9.17, 15) is 0 Å². The molecule has 0 amide bonds. The van der Waals surface area contributed by atoms with Gasteiger partial charge < -0.3 is 18.8 Å². The Bertz CT molecular complexity index is 434. The van der Waals surface area contributed by atoms with Crippen molar-refractivity contribution >= 4 is 12.6 Å². The molecular weight excluding hydrogens is 245 g/mol. The van der Waals surface area contributed by atoms with Crippen molar-refractivity contribution in [2.45, 2.75) is 38.9 Å². The molecule has 0 N–H and O–H groups in total. The predicted molar refractivity (Wildman–Crippen MR) is 72.5 cm³/mol. The van der Waals surface area contributed by atoms with E-state index in [0.717, 1.165) is 5.46 Å². The molecule has 104 valence electrons. The van der Waals surface area contributed by atoms with Gasteiger partial charge >= 0.3 is 7.12 Å². The van der Waals surface area contributed by atoms with Gasteiger partial charge in [-0.1, -0.05) is 0 Å². The summed E-state index contributed by atoms with van der Waals surface area (Å²) in [5.41, 5.74) is 0.183. The second kappa shape index (κ2) is 5.11. The zero-order valence-corrected chi connectivity index (χ0v) is 12.1. The molecule has 1 aliphatic rings. The number of hydrogen-bond acceptors (Lipinski definition) is 5. The van der Waals surface area contributed by atoms with Crippen LogP contribution in [0, 0.1) is 0 Å². The third kappa shape index (κ3) is 2.91. The molecule has 0 aromatic carbocycles. The molecule has 0 radical (unpaired) electrons. The molecule has 0 saturated carbocycles. The van der Waals surface area contributed by atoms with E-state index in [1.54, 1.807) is 19.4 Å². The van der Waals surface area contributed by atoms with Crippen LogP contribution in [0.2, 0.25) is 0 Å². The third-order valence-electron chi connectivity index (χ3n) is 3.61. The third-order valence-corrected chi connectivity index (χ3v) is 3.61. The van der Waals surface area contributed by atoms with Crippen molar-refractivity contribution in [2.24, 2.45) is 0 Å². The van der Waals surface area contributed by atoms with Gasteiger partial charge in [0.1, 0.15) is 0 Å². The minimum Gasteiger partial charge on any atom is -0.451 e. The lowest BCUT2D eigenvalue weighted by molar-refractivity contribution is 0.00578. The van der Waals surface area contributed by atoms with Gasteiger partial charge in [0, 0.05) is 19.4 Å². The van der Waals surface area contributed by atoms with Gasteiger partial charge in [-0.25, -0.2) is 4.98 Å². The summed E-state index contributed by atoms with van der Waals surface area (Å²) < 4.78 is 22.1. The van der Waals surface area contributed by atoms with Crippen LogP contribution >= 0.6 is 0 Å². The summed E-state index contributed by atoms with van der Waals surface area (Å²) in [4.78, 5) is 4.11. The number of hydrogen-bond donors (Lipinski definition) is 0. The Hall–Kier alpha value is -1.11. The van der Waals surface area contributed by atoms with E-state index in [-0.39, 0.29) is 18.0 Å². The number of aromatic nitrogens is 1. The van der Waals surface area contributed by atoms with Crippen molar-refractivity contribution in [3.63, 3.8) is 0 Å². The standard InChI is InChI=1S/C13H20BNO4/c1-12(2)13(3,4)19-14(18-12)10-6-7-15-11(8-10)17-9-16-5/h6-8H,9H2,1-5H3. The highest BCUT2D eigenvalue weighted by Gasteiger charge is 2.51. The summed E-state index contributed by atoms with van der Waals surface area (Å²) in [6.45, 7) is 8.26. The largest absolute Gasteiger partial charge is 0.495 e. The van der Waals surface area contributed by atoms with Gasteiger partial charge in [0.15, 0.2) is 6.79 Å². The Balaban J connectivity index is 2.15. The fourth-order valence-corrected chi connectivity index (χ4v) is 1.75. The highest BCUT2D eigenvalue weighted by molar-refractivity contribution is 6.62. The topological polar surface area (TPSA) is 49.8 Å². The molecule has 1 aromatic heterocycles. The maximum atomic E-state index is 5.97. The highest BCUT2D eigenvalue weighted by atomic mass is 16.7. The van der Waals surface area contributed by atoms with Gasteiger partial charge in [0.25, 0.3) is 0 Å². The summed E-state index contributed by atoms with van der Waals surface area (Å²) >= 11 is 0. The van der Waals surface area contributed by atoms with E-state index < -0.39 is 7.12 Å². The van der Waals surface area contributed by atoms with E-state index in [1.807, 2.05) is 33.8 Å². The van der Waals surface area contributed by atoms with E-state index in [0.29, 0.717) is 5.88 Å². The molecule has 2 rings (SSSR count). The lowest BCUT2D eigenvalue weighted by Gasteiger charge is -2.32. The molecule has 1 saturated heterocycles. The van der Waals surface area contributed by atoms with Crippen molar-refractivity contribution in [1.82, 2.24) is 4.98 Å². The summed E-state index contributed by atoms with van der Waals surface area (Å²) in [7, 11) is 1.16. The average molecular weight is 265 g/mol. The molecule has 2 heterocycles. The van der Waals surface area contributed by atoms with Crippen LogP contribution in [0.1, 0.15) is 27.7 Å². The second-order valence-electron chi connectivity index (χ2n) is 5.57. The minimum atomic E-state index is -0.405. The molecular formula is C13H20BNO4. The lowest BCUT2D eigenvalue weighted by Crippen LogP contribution is -2.41. The van der Waals surface area contributed by atoms with Crippen molar-refractivity contribution in [3.8, 4) is 5.88 Å². The fourth-order valence-electron chi connectivity index (χ4n) is 1.75. The first-order chi connectivity index (χ1) is 8.86. The van der Waals surface area contributed by atoms with Crippen LogP contribution in [0.3, 0.4) is 0 Å². The molecule has 0 aliphatic carbocycles. The van der Waals surface area contributed by atoms with Gasteiger partial charge in [-0.15, -0.1) is 0 Å². The Morgan fingerprint density at radius 3 is 2.42 bits per heavy atom. The van der Waals surface area contributed by atoms with Crippen LogP contribution in [0.15, 0.2) is 18.3 Å². The van der Waals surface area contributed by atoms with Crippen molar-refractivity contribution in [2.75, 3.05) is 13.9 Å². The lowest BCUT2D eigenvalue weighted by atomic mass is 9.80. The van der Waals surface area contributed by atoms with Gasteiger partial charge in [-0.05, 0) is 39.2 Å². The molecule has 0 atom stereocenters. The molecule has 0 bridgehead atoms. The van der Waals surface area contributed by atoms with Crippen LogP contribution in [0.5, 0.6) is 5.88 Å². The summed E-state index contributed by atoms with van der Waals surface area (Å²) in [6, 6.07) is 3.67. The normalized spacial score (nSPS) is 20.6. The van der Waals surface area contributed by atoms with Crippen LogP contribution in [-0.4, -0.2) is 37.2 Å². The molecule has 19 heavy (non-hydrogen) atoms. The Morgan fingerprint density at radius 1 is 1.21 bits per heavy atom. The van der Waals surface area contributed by atoms with Crippen LogP contribution in [-0.2, 0) is 14.0 Å². The van der Waals surface area contributed by atoms with E-state index in [1.165, 1.54) is 0 Å². The van der Waals surface area contributed by atoms with Gasteiger partial charge in [-0.2, -0.15) is 0 Å². The number of nitrogens with zero attached hydrogens (tertiary/aromatic N) is 1. The molecule has 1 aromatic rings. The van der Waals surface area contributed by atoms with E-state index in [2.05, 4.69) is 4.98 Å². The molecule has 1 fully saturated rings. The Morgan fingerprint density at radius 2 is 1.84 bits per heavy atom. The molecule has 0 unspecified atom stereocenters. The fraction of sp³-hybridized carbons (Fsp3) is 0.615. The maximum Gasteiger partial charge on any atom is 0.495 e. The van der Waals surface area contributed by atoms with Crippen molar-refractivity contribution in [1.29, 1.82) is 0 Å². The minimum absolute atomic E-state index is 0.166. The summed E-state index contributed by atoms with van der Waals surface area (Å²) in [5.74, 6) is 0.495. The van der Waals surface area contributed by atoms with Crippen LogP contribution < -0.4 is 10.2 Å². The first-order valence-corrected chi connectivity index (χ1v) is 6.29. The Kier molecular flexibility index (Phi) is 3.85. The quantitative estimate of drug-likeness (QED) is 0.607. The number of pyridine rings is 1. The molecule has 0 spiro atoms. The van der Waals surface area contributed by atoms with Crippen LogP contribution in [0.4, 0.5) is 0 Å². The second-order valence-corrected chi connectivity index (χ2v) is 5.57. The summed E-state index contributed by atoms with van der Waals surface area (Å²) in [6.07, 6.45) is 1.67. The number of methoxy groups -OCH3 is 1. The molecule has 6 heteroatoms. The highest BCUT2D eigenvalue weighted by Crippen LogP contribution is 2.36. The Labute approximate surface area is 114 Å². The van der Waals surface area contributed by atoms with Gasteiger partial charge in [0.2, 0.25) is 5.88 Å². The van der Waals surface area contributed by atoms with Crippen molar-refractivity contribution in [3.05, 3.63) is 18.3 Å². The van der Waals surface area contributed by atoms with Gasteiger partial charge in [0.05, 0.1) is 11.2 Å². The predicted octanol–water partition coefficient (Wildman–Crippen LogP) is 1.36. The SMILES string of the molecule is COCOc1cc(B2OC(C)(C)C(C)(C)O2)ccn1. The van der Waals surface area contributed by atoms with Gasteiger partial charge in [-0.3, -0.25) is 0 Å². The van der Waals surface area contributed by atoms with E-state index in [4.69, 9.17) is 18.8 Å². The molecule has 5 nitrogen and oxygen atoms in total.